The van der Waals surface area contributed by atoms with Crippen LogP contribution in [0.4, 0.5) is 4.79 Å². The molecule has 0 aromatic carbocycles. The van der Waals surface area contributed by atoms with Crippen LogP contribution >= 0.6 is 0 Å². The van der Waals surface area contributed by atoms with Crippen LogP contribution < -0.4 is 10.6 Å². The van der Waals surface area contributed by atoms with E-state index in [0.29, 0.717) is 23.7 Å². The number of hydrogen-bond donors (Lipinski definition) is 2. The Morgan fingerprint density at radius 1 is 1.18 bits per heavy atom. The lowest BCUT2D eigenvalue weighted by atomic mass is 9.88. The number of amides is 2. The molecule has 5 nitrogen and oxygen atoms in total. The number of likely N-dealkylation sites (tertiary alicyclic amines) is 1. The first-order valence-corrected chi connectivity index (χ1v) is 9.22. The first-order valence-electron chi connectivity index (χ1n) is 9.22. The maximum atomic E-state index is 12.4. The molecule has 0 radical (unpaired) electrons. The summed E-state index contributed by atoms with van der Waals surface area (Å²) < 4.78 is 0. The molecule has 1 saturated carbocycles. The molecule has 0 spiro atoms. The smallest absolute Gasteiger partial charge is 0.318 e. The van der Waals surface area contributed by atoms with E-state index in [1.54, 1.807) is 0 Å². The molecule has 2 amide bonds. The van der Waals surface area contributed by atoms with Gasteiger partial charge in [0.25, 0.3) is 0 Å². The molecule has 0 bridgehead atoms. The van der Waals surface area contributed by atoms with Crippen molar-refractivity contribution in [2.45, 2.75) is 75.5 Å². The van der Waals surface area contributed by atoms with E-state index in [9.17, 15) is 4.79 Å². The highest BCUT2D eigenvalue weighted by atomic mass is 16.2. The highest BCUT2D eigenvalue weighted by Gasteiger charge is 2.45. The third kappa shape index (κ3) is 2.42. The summed E-state index contributed by atoms with van der Waals surface area (Å²) in [7, 11) is 0. The van der Waals surface area contributed by atoms with E-state index in [1.807, 2.05) is 0 Å². The molecule has 3 heterocycles. The van der Waals surface area contributed by atoms with Crippen molar-refractivity contribution in [3.8, 4) is 0 Å². The number of nitrogens with zero attached hydrogens (tertiary/aromatic N) is 2. The van der Waals surface area contributed by atoms with Crippen LogP contribution in [0.2, 0.25) is 0 Å². The van der Waals surface area contributed by atoms with Gasteiger partial charge in [-0.3, -0.25) is 4.90 Å². The van der Waals surface area contributed by atoms with Crippen LogP contribution in [0.15, 0.2) is 0 Å². The summed E-state index contributed by atoms with van der Waals surface area (Å²) in [5, 5.41) is 6.74. The lowest BCUT2D eigenvalue weighted by Gasteiger charge is -2.45. The summed E-state index contributed by atoms with van der Waals surface area (Å²) in [5.74, 6) is 0. The molecule has 128 valence electrons. The van der Waals surface area contributed by atoms with E-state index < -0.39 is 0 Å². The Bertz CT molecular complexity index is 436. The number of rotatable bonds is 2. The molecule has 1 unspecified atom stereocenters. The predicted molar refractivity (Wildman–Crippen MR) is 91.1 cm³/mol. The van der Waals surface area contributed by atoms with Crippen molar-refractivity contribution < 1.29 is 7.65 Å². The van der Waals surface area contributed by atoms with Gasteiger partial charge in [0.15, 0.2) is 0 Å². The SMILES string of the molecule is CC1(N2CCC(N3C(=O)N[C@H]4CCCC[C@@H]43)CC2)CCNC1.[HH].[HH]. The van der Waals surface area contributed by atoms with Crippen molar-refractivity contribution >= 4 is 6.03 Å². The van der Waals surface area contributed by atoms with Gasteiger partial charge in [0.05, 0.1) is 12.1 Å². The predicted octanol–water partition coefficient (Wildman–Crippen LogP) is 2.03. The van der Waals surface area contributed by atoms with E-state index in [1.165, 1.54) is 32.1 Å². The second-order valence-electron chi connectivity index (χ2n) is 7.96. The van der Waals surface area contributed by atoms with Crippen molar-refractivity contribution in [1.82, 2.24) is 20.4 Å². The van der Waals surface area contributed by atoms with Gasteiger partial charge < -0.3 is 15.5 Å². The Balaban J connectivity index is 0.00000104. The molecule has 3 atom stereocenters. The number of nitrogens with one attached hydrogen (secondary N) is 2. The minimum atomic E-state index is 0. The van der Waals surface area contributed by atoms with Crippen LogP contribution in [0.3, 0.4) is 0 Å². The van der Waals surface area contributed by atoms with Gasteiger partial charge in [0.2, 0.25) is 0 Å². The van der Waals surface area contributed by atoms with Crippen molar-refractivity contribution in [2.75, 3.05) is 26.2 Å². The Hall–Kier alpha value is -0.810. The molecule has 1 aliphatic carbocycles. The largest absolute Gasteiger partial charge is 0.333 e. The Kier molecular flexibility index (Phi) is 3.81. The third-order valence-electron chi connectivity index (χ3n) is 6.60. The molecular formula is C17H34N4O. The van der Waals surface area contributed by atoms with Crippen molar-refractivity contribution in [1.29, 1.82) is 0 Å². The van der Waals surface area contributed by atoms with Crippen LogP contribution in [0.5, 0.6) is 0 Å². The zero-order chi connectivity index (χ0) is 15.2. The van der Waals surface area contributed by atoms with E-state index in [2.05, 4.69) is 27.4 Å². The summed E-state index contributed by atoms with van der Waals surface area (Å²) in [4.78, 5) is 17.3. The van der Waals surface area contributed by atoms with Crippen molar-refractivity contribution in [2.24, 2.45) is 0 Å². The lowest BCUT2D eigenvalue weighted by molar-refractivity contribution is 0.0498. The monoisotopic (exact) mass is 310 g/mol. The van der Waals surface area contributed by atoms with Crippen molar-refractivity contribution in [3.63, 3.8) is 0 Å². The summed E-state index contributed by atoms with van der Waals surface area (Å²) in [5.41, 5.74) is 0.339. The molecule has 3 saturated heterocycles. The lowest BCUT2D eigenvalue weighted by Crippen LogP contribution is -2.56. The van der Waals surface area contributed by atoms with Gasteiger partial charge in [-0.1, -0.05) is 12.8 Å². The van der Waals surface area contributed by atoms with Crippen LogP contribution in [-0.2, 0) is 0 Å². The van der Waals surface area contributed by atoms with Crippen LogP contribution in [-0.4, -0.2) is 65.7 Å². The van der Waals surface area contributed by atoms with Crippen LogP contribution in [0.25, 0.3) is 0 Å². The summed E-state index contributed by atoms with van der Waals surface area (Å²) in [6, 6.07) is 1.57. The first-order chi connectivity index (χ1) is 10.7. The fourth-order valence-corrected chi connectivity index (χ4v) is 5.19. The summed E-state index contributed by atoms with van der Waals surface area (Å²) in [6.45, 7) is 6.95. The quantitative estimate of drug-likeness (QED) is 0.820. The van der Waals surface area contributed by atoms with Crippen LogP contribution in [0.1, 0.15) is 54.7 Å². The molecule has 22 heavy (non-hydrogen) atoms. The first kappa shape index (κ1) is 14.8. The Labute approximate surface area is 136 Å². The Morgan fingerprint density at radius 2 is 1.95 bits per heavy atom. The van der Waals surface area contributed by atoms with Gasteiger partial charge in [0, 0.05) is 34.1 Å². The van der Waals surface area contributed by atoms with Gasteiger partial charge in [-0.25, -0.2) is 4.79 Å². The number of fused-ring (bicyclic) bond motifs is 1. The maximum absolute atomic E-state index is 12.4. The minimum absolute atomic E-state index is 0. The number of carbonyl (C=O) groups excluding carboxylic acids is 1. The average Bonchev–Trinajstić information content (AvgIpc) is 3.11. The number of hydrogen-bond acceptors (Lipinski definition) is 3. The number of carbonyl (C=O) groups is 1. The van der Waals surface area contributed by atoms with E-state index in [4.69, 9.17) is 0 Å². The highest BCUT2D eigenvalue weighted by Crippen LogP contribution is 2.34. The topological polar surface area (TPSA) is 47.6 Å². The minimum Gasteiger partial charge on any atom is -0.333 e. The average molecular weight is 310 g/mol. The fraction of sp³-hybridized carbons (Fsp3) is 0.941. The number of urea groups is 1. The molecule has 3 aliphatic heterocycles. The highest BCUT2D eigenvalue weighted by molar-refractivity contribution is 5.78. The zero-order valence-corrected chi connectivity index (χ0v) is 13.8. The summed E-state index contributed by atoms with van der Waals surface area (Å²) in [6.07, 6.45) is 8.49. The maximum Gasteiger partial charge on any atom is 0.318 e. The molecule has 5 heteroatoms. The van der Waals surface area contributed by atoms with E-state index in [0.717, 1.165) is 39.0 Å². The van der Waals surface area contributed by atoms with Gasteiger partial charge in [-0.15, -0.1) is 0 Å². The van der Waals surface area contributed by atoms with E-state index >= 15 is 0 Å². The molecular weight excluding hydrogens is 276 g/mol. The zero-order valence-electron chi connectivity index (χ0n) is 13.8. The van der Waals surface area contributed by atoms with Gasteiger partial charge >= 0.3 is 6.03 Å². The van der Waals surface area contributed by atoms with Gasteiger partial charge in [-0.2, -0.15) is 0 Å². The molecule has 4 rings (SSSR count). The second-order valence-corrected chi connectivity index (χ2v) is 7.96. The molecule has 0 aromatic rings. The molecule has 4 aliphatic rings. The van der Waals surface area contributed by atoms with Gasteiger partial charge in [-0.05, 0) is 45.6 Å². The standard InChI is InChI=1S/C17H30N4O.2H2/c1-17(8-9-18-12-17)20-10-6-13(7-11-20)21-15-5-3-2-4-14(15)19-16(21)22;;/h13-15,18H,2-12H2,1H3,(H,19,22);2*1H/t14-,15-,17?;;/m0../s1. The van der Waals surface area contributed by atoms with Crippen LogP contribution in [0, 0.1) is 0 Å². The molecule has 2 N–H and O–H groups in total. The third-order valence-corrected chi connectivity index (χ3v) is 6.60. The molecule has 0 aromatic heterocycles. The Morgan fingerprint density at radius 3 is 2.68 bits per heavy atom. The fourth-order valence-electron chi connectivity index (χ4n) is 5.19. The van der Waals surface area contributed by atoms with E-state index in [-0.39, 0.29) is 8.88 Å². The number of piperidine rings is 1. The normalized spacial score (nSPS) is 40.8. The van der Waals surface area contributed by atoms with Crippen molar-refractivity contribution in [3.05, 3.63) is 0 Å². The molecule has 4 fully saturated rings. The van der Waals surface area contributed by atoms with Gasteiger partial charge in [0.1, 0.15) is 0 Å². The second kappa shape index (κ2) is 5.68. The summed E-state index contributed by atoms with van der Waals surface area (Å²) >= 11 is 0.